The van der Waals surface area contributed by atoms with E-state index < -0.39 is 12.3 Å². The van der Waals surface area contributed by atoms with Crippen molar-refractivity contribution in [3.8, 4) is 5.75 Å². The summed E-state index contributed by atoms with van der Waals surface area (Å²) < 4.78 is 44.5. The molecule has 0 saturated carbocycles. The van der Waals surface area contributed by atoms with E-state index in [9.17, 15) is 18.0 Å². The lowest BCUT2D eigenvalue weighted by atomic mass is 10.1. The quantitative estimate of drug-likeness (QED) is 0.511. The van der Waals surface area contributed by atoms with Crippen LogP contribution in [0.15, 0.2) is 53.6 Å². The highest BCUT2D eigenvalue weighted by molar-refractivity contribution is 5.90. The molecule has 0 saturated heterocycles. The number of anilines is 1. The van der Waals surface area contributed by atoms with Crippen molar-refractivity contribution in [2.75, 3.05) is 12.5 Å². The Morgan fingerprint density at radius 1 is 1.08 bits per heavy atom. The van der Waals surface area contributed by atoms with Crippen LogP contribution in [0.3, 0.4) is 0 Å². The average Bonchev–Trinajstić information content (AvgIpc) is 2.55. The van der Waals surface area contributed by atoms with Gasteiger partial charge in [-0.25, -0.2) is 4.79 Å². The Morgan fingerprint density at radius 2 is 1.71 bits per heavy atom. The van der Waals surface area contributed by atoms with Crippen LogP contribution in [-0.4, -0.2) is 25.7 Å². The summed E-state index contributed by atoms with van der Waals surface area (Å²) in [6.07, 6.45) is -3.22. The Labute approximate surface area is 135 Å². The summed E-state index contributed by atoms with van der Waals surface area (Å²) in [6, 6.07) is 11.7. The molecule has 0 heterocycles. The van der Waals surface area contributed by atoms with Crippen molar-refractivity contribution in [2.45, 2.75) is 6.36 Å². The summed E-state index contributed by atoms with van der Waals surface area (Å²) >= 11 is 0. The summed E-state index contributed by atoms with van der Waals surface area (Å²) in [7, 11) is 1.30. The normalized spacial score (nSPS) is 11.3. The predicted octanol–water partition coefficient (Wildman–Crippen LogP) is 3.82. The molecular weight excluding hydrogens is 325 g/mol. The number of methoxy groups -OCH3 is 1. The first kappa shape index (κ1) is 17.3. The van der Waals surface area contributed by atoms with Crippen molar-refractivity contribution in [1.82, 2.24) is 0 Å². The minimum absolute atomic E-state index is 0.310. The van der Waals surface area contributed by atoms with Gasteiger partial charge in [0.1, 0.15) is 5.75 Å². The number of esters is 1. The topological polar surface area (TPSA) is 59.9 Å². The summed E-state index contributed by atoms with van der Waals surface area (Å²) in [5.41, 5.74) is 4.31. The van der Waals surface area contributed by atoms with Gasteiger partial charge in [-0.15, -0.1) is 13.2 Å². The second-order valence-corrected chi connectivity index (χ2v) is 4.56. The predicted molar refractivity (Wildman–Crippen MR) is 82.1 cm³/mol. The molecule has 0 unspecified atom stereocenters. The van der Waals surface area contributed by atoms with Crippen LogP contribution in [0.4, 0.5) is 18.9 Å². The molecule has 2 aromatic rings. The van der Waals surface area contributed by atoms with Crippen molar-refractivity contribution in [1.29, 1.82) is 0 Å². The van der Waals surface area contributed by atoms with E-state index in [2.05, 4.69) is 20.0 Å². The highest BCUT2D eigenvalue weighted by Gasteiger charge is 2.30. The van der Waals surface area contributed by atoms with E-state index in [1.807, 2.05) is 0 Å². The average molecular weight is 338 g/mol. The molecule has 0 bridgehead atoms. The second-order valence-electron chi connectivity index (χ2n) is 4.56. The first-order valence-corrected chi connectivity index (χ1v) is 6.70. The van der Waals surface area contributed by atoms with Gasteiger partial charge in [-0.1, -0.05) is 12.1 Å². The maximum absolute atomic E-state index is 12.0. The van der Waals surface area contributed by atoms with Gasteiger partial charge in [-0.3, -0.25) is 5.43 Å². The minimum Gasteiger partial charge on any atom is -0.465 e. The van der Waals surface area contributed by atoms with Crippen LogP contribution in [0, 0.1) is 0 Å². The van der Waals surface area contributed by atoms with Crippen LogP contribution in [0.1, 0.15) is 15.9 Å². The van der Waals surface area contributed by atoms with Crippen molar-refractivity contribution >= 4 is 17.9 Å². The molecule has 0 spiro atoms. The van der Waals surface area contributed by atoms with E-state index in [1.54, 1.807) is 24.3 Å². The fraction of sp³-hybridized carbons (Fsp3) is 0.125. The number of ether oxygens (including phenoxy) is 2. The highest BCUT2D eigenvalue weighted by atomic mass is 19.4. The number of hydrogen-bond donors (Lipinski definition) is 1. The van der Waals surface area contributed by atoms with E-state index in [-0.39, 0.29) is 5.75 Å². The van der Waals surface area contributed by atoms with Crippen molar-refractivity contribution in [3.05, 3.63) is 59.7 Å². The van der Waals surface area contributed by atoms with E-state index in [0.717, 1.165) is 5.56 Å². The molecule has 24 heavy (non-hydrogen) atoms. The smallest absolute Gasteiger partial charge is 0.465 e. The standard InChI is InChI=1S/C16H13F3N2O3/c1-23-15(22)12-4-2-11(3-5-12)10-20-21-13-6-8-14(9-7-13)24-16(17,18)19/h2-10,21H,1H3. The molecule has 5 nitrogen and oxygen atoms in total. The maximum atomic E-state index is 12.0. The second kappa shape index (κ2) is 7.49. The zero-order valence-corrected chi connectivity index (χ0v) is 12.5. The molecular formula is C16H13F3N2O3. The fourth-order valence-corrected chi connectivity index (χ4v) is 1.74. The van der Waals surface area contributed by atoms with Crippen molar-refractivity contribution in [3.63, 3.8) is 0 Å². The lowest BCUT2D eigenvalue weighted by Crippen LogP contribution is -2.16. The zero-order valence-electron chi connectivity index (χ0n) is 12.5. The molecule has 2 aromatic carbocycles. The SMILES string of the molecule is COC(=O)c1ccc(C=NNc2ccc(OC(F)(F)F)cc2)cc1. The van der Waals surface area contributed by atoms with Gasteiger partial charge in [-0.05, 0) is 42.0 Å². The van der Waals surface area contributed by atoms with E-state index in [0.29, 0.717) is 11.3 Å². The van der Waals surface area contributed by atoms with E-state index in [4.69, 9.17) is 0 Å². The van der Waals surface area contributed by atoms with Gasteiger partial charge in [0.05, 0.1) is 24.6 Å². The molecule has 0 aromatic heterocycles. The Bertz CT molecular complexity index is 711. The number of hydrogen-bond acceptors (Lipinski definition) is 5. The van der Waals surface area contributed by atoms with E-state index in [1.165, 1.54) is 37.6 Å². The highest BCUT2D eigenvalue weighted by Crippen LogP contribution is 2.23. The summed E-state index contributed by atoms with van der Waals surface area (Å²) in [5.74, 6) is -0.742. The van der Waals surface area contributed by atoms with Crippen LogP contribution in [0.2, 0.25) is 0 Å². The van der Waals surface area contributed by atoms with Crippen LogP contribution < -0.4 is 10.2 Å². The zero-order chi connectivity index (χ0) is 17.6. The van der Waals surface area contributed by atoms with Gasteiger partial charge in [0, 0.05) is 0 Å². The van der Waals surface area contributed by atoms with Gasteiger partial charge in [-0.2, -0.15) is 5.10 Å². The number of nitrogens with one attached hydrogen (secondary N) is 1. The largest absolute Gasteiger partial charge is 0.573 e. The van der Waals surface area contributed by atoms with Gasteiger partial charge in [0.2, 0.25) is 0 Å². The minimum atomic E-state index is -4.72. The van der Waals surface area contributed by atoms with Gasteiger partial charge in [0.15, 0.2) is 0 Å². The van der Waals surface area contributed by atoms with Crippen LogP contribution in [0.25, 0.3) is 0 Å². The lowest BCUT2D eigenvalue weighted by Gasteiger charge is -2.08. The molecule has 0 amide bonds. The molecule has 126 valence electrons. The van der Waals surface area contributed by atoms with Crippen LogP contribution in [0.5, 0.6) is 5.75 Å². The molecule has 0 aliphatic carbocycles. The molecule has 0 aliphatic heterocycles. The number of rotatable bonds is 5. The number of hydrazone groups is 1. The summed E-state index contributed by atoms with van der Waals surface area (Å²) in [4.78, 5) is 11.3. The third kappa shape index (κ3) is 5.31. The number of carbonyl (C=O) groups is 1. The molecule has 0 atom stereocenters. The lowest BCUT2D eigenvalue weighted by molar-refractivity contribution is -0.274. The molecule has 0 aliphatic rings. The van der Waals surface area contributed by atoms with Crippen LogP contribution >= 0.6 is 0 Å². The Morgan fingerprint density at radius 3 is 2.25 bits per heavy atom. The third-order valence-corrected chi connectivity index (χ3v) is 2.83. The van der Waals surface area contributed by atoms with Gasteiger partial charge in [0.25, 0.3) is 0 Å². The number of nitrogens with zero attached hydrogens (tertiary/aromatic N) is 1. The summed E-state index contributed by atoms with van der Waals surface area (Å²) in [6.45, 7) is 0. The van der Waals surface area contributed by atoms with Crippen LogP contribution in [-0.2, 0) is 4.74 Å². The van der Waals surface area contributed by atoms with Crippen molar-refractivity contribution in [2.24, 2.45) is 5.10 Å². The number of benzene rings is 2. The Balaban J connectivity index is 1.93. The Kier molecular flexibility index (Phi) is 5.41. The summed E-state index contributed by atoms with van der Waals surface area (Å²) in [5, 5.41) is 3.96. The molecule has 0 radical (unpaired) electrons. The number of halogens is 3. The number of carbonyl (C=O) groups excluding carboxylic acids is 1. The van der Waals surface area contributed by atoms with Gasteiger partial charge >= 0.3 is 12.3 Å². The third-order valence-electron chi connectivity index (χ3n) is 2.83. The molecule has 1 N–H and O–H groups in total. The maximum Gasteiger partial charge on any atom is 0.573 e. The molecule has 0 fully saturated rings. The monoisotopic (exact) mass is 338 g/mol. The molecule has 8 heteroatoms. The number of alkyl halides is 3. The fourth-order valence-electron chi connectivity index (χ4n) is 1.74. The van der Waals surface area contributed by atoms with E-state index >= 15 is 0 Å². The first-order chi connectivity index (χ1) is 11.4. The Hall–Kier alpha value is -3.03. The first-order valence-electron chi connectivity index (χ1n) is 6.70. The van der Waals surface area contributed by atoms with Gasteiger partial charge < -0.3 is 9.47 Å². The van der Waals surface area contributed by atoms with Crippen molar-refractivity contribution < 1.29 is 27.4 Å². The molecule has 2 rings (SSSR count).